The minimum absolute atomic E-state index is 0.0567. The van der Waals surface area contributed by atoms with Gasteiger partial charge in [0, 0.05) is 13.1 Å². The van der Waals surface area contributed by atoms with Gasteiger partial charge >= 0.3 is 6.01 Å². The van der Waals surface area contributed by atoms with E-state index < -0.39 is 11.6 Å². The van der Waals surface area contributed by atoms with Crippen LogP contribution in [0.15, 0.2) is 18.2 Å². The number of rotatable bonds is 3. The predicted molar refractivity (Wildman–Crippen MR) is 72.7 cm³/mol. The van der Waals surface area contributed by atoms with Gasteiger partial charge in [-0.25, -0.2) is 4.39 Å². The third-order valence-electron chi connectivity index (χ3n) is 3.08. The molecular formula is C13H11ClF2N4O. The van der Waals surface area contributed by atoms with Crippen molar-refractivity contribution in [2.75, 3.05) is 18.0 Å². The van der Waals surface area contributed by atoms with Gasteiger partial charge in [0.05, 0.1) is 0 Å². The Morgan fingerprint density at radius 1 is 1.10 bits per heavy atom. The first-order valence-electron chi connectivity index (χ1n) is 6.42. The fraction of sp³-hybridized carbons (Fsp3) is 0.308. The van der Waals surface area contributed by atoms with Crippen LogP contribution < -0.4 is 9.64 Å². The molecule has 0 unspecified atom stereocenters. The Kier molecular flexibility index (Phi) is 3.83. The highest BCUT2D eigenvalue weighted by atomic mass is 35.5. The van der Waals surface area contributed by atoms with E-state index in [0.29, 0.717) is 5.95 Å². The van der Waals surface area contributed by atoms with Crippen molar-refractivity contribution < 1.29 is 13.5 Å². The van der Waals surface area contributed by atoms with E-state index in [1.807, 2.05) is 4.90 Å². The number of aromatic nitrogens is 3. The van der Waals surface area contributed by atoms with E-state index in [-0.39, 0.29) is 17.0 Å². The van der Waals surface area contributed by atoms with Gasteiger partial charge in [-0.05, 0) is 36.6 Å². The molecule has 1 saturated heterocycles. The first-order valence-corrected chi connectivity index (χ1v) is 6.79. The third-order valence-corrected chi connectivity index (χ3v) is 3.25. The van der Waals surface area contributed by atoms with E-state index in [1.165, 1.54) is 12.1 Å². The fourth-order valence-electron chi connectivity index (χ4n) is 2.09. The minimum Gasteiger partial charge on any atom is -0.421 e. The van der Waals surface area contributed by atoms with Gasteiger partial charge in [-0.2, -0.15) is 19.3 Å². The molecule has 2 aromatic rings. The summed E-state index contributed by atoms with van der Waals surface area (Å²) in [5, 5.41) is -0.0567. The van der Waals surface area contributed by atoms with Gasteiger partial charge in [0.2, 0.25) is 17.0 Å². The molecule has 0 radical (unpaired) electrons. The van der Waals surface area contributed by atoms with Gasteiger partial charge in [0.15, 0.2) is 11.6 Å². The largest absolute Gasteiger partial charge is 0.421 e. The highest BCUT2D eigenvalue weighted by Gasteiger charge is 2.18. The second-order valence-corrected chi connectivity index (χ2v) is 4.87. The van der Waals surface area contributed by atoms with Crippen LogP contribution in [0.3, 0.4) is 0 Å². The van der Waals surface area contributed by atoms with E-state index in [4.69, 9.17) is 16.3 Å². The molecule has 1 aliphatic rings. The smallest absolute Gasteiger partial charge is 0.328 e. The predicted octanol–water partition coefficient (Wildman–Crippen LogP) is 3.20. The summed E-state index contributed by atoms with van der Waals surface area (Å²) in [4.78, 5) is 13.8. The van der Waals surface area contributed by atoms with Crippen LogP contribution in [0, 0.1) is 11.6 Å². The molecular weight excluding hydrogens is 302 g/mol. The molecule has 0 spiro atoms. The van der Waals surface area contributed by atoms with Crippen LogP contribution in [-0.2, 0) is 0 Å². The topological polar surface area (TPSA) is 51.1 Å². The molecule has 1 aromatic carbocycles. The molecule has 1 aliphatic heterocycles. The van der Waals surface area contributed by atoms with Crippen LogP contribution >= 0.6 is 11.6 Å². The van der Waals surface area contributed by atoms with Crippen molar-refractivity contribution in [1.29, 1.82) is 0 Å². The Labute approximate surface area is 124 Å². The summed E-state index contributed by atoms with van der Waals surface area (Å²) in [6, 6.07) is 3.45. The molecule has 3 rings (SSSR count). The zero-order valence-electron chi connectivity index (χ0n) is 10.9. The highest BCUT2D eigenvalue weighted by molar-refractivity contribution is 6.28. The Morgan fingerprint density at radius 2 is 1.86 bits per heavy atom. The van der Waals surface area contributed by atoms with Crippen molar-refractivity contribution in [2.45, 2.75) is 12.8 Å². The monoisotopic (exact) mass is 312 g/mol. The standard InChI is InChI=1S/C13H11ClF2N4O/c14-11-17-12(20-6-1-2-7-20)19-13(18-11)21-9-5-3-4-8(15)10(9)16/h3-5H,1-2,6-7H2. The fourth-order valence-corrected chi connectivity index (χ4v) is 2.24. The summed E-state index contributed by atoms with van der Waals surface area (Å²) < 4.78 is 31.9. The van der Waals surface area contributed by atoms with Crippen LogP contribution in [0.5, 0.6) is 11.8 Å². The lowest BCUT2D eigenvalue weighted by Gasteiger charge is -2.15. The maximum atomic E-state index is 13.6. The molecule has 0 atom stereocenters. The highest BCUT2D eigenvalue weighted by Crippen LogP contribution is 2.26. The van der Waals surface area contributed by atoms with Crippen molar-refractivity contribution in [3.63, 3.8) is 0 Å². The first kappa shape index (κ1) is 13.9. The zero-order valence-corrected chi connectivity index (χ0v) is 11.6. The molecule has 0 saturated carbocycles. The SMILES string of the molecule is Fc1cccc(Oc2nc(Cl)nc(N3CCCC3)n2)c1F. The number of hydrogen-bond donors (Lipinski definition) is 0. The summed E-state index contributed by atoms with van der Waals surface area (Å²) in [7, 11) is 0. The lowest BCUT2D eigenvalue weighted by Crippen LogP contribution is -2.21. The third kappa shape index (κ3) is 3.02. The summed E-state index contributed by atoms with van der Waals surface area (Å²) in [6.07, 6.45) is 2.08. The minimum atomic E-state index is -1.10. The molecule has 8 heteroatoms. The number of benzene rings is 1. The van der Waals surface area contributed by atoms with Crippen molar-refractivity contribution in [3.05, 3.63) is 35.1 Å². The summed E-state index contributed by atoms with van der Waals surface area (Å²) in [6.45, 7) is 1.63. The van der Waals surface area contributed by atoms with Gasteiger partial charge in [-0.1, -0.05) is 6.07 Å². The Morgan fingerprint density at radius 3 is 2.62 bits per heavy atom. The van der Waals surface area contributed by atoms with Gasteiger partial charge < -0.3 is 9.64 Å². The van der Waals surface area contributed by atoms with E-state index in [0.717, 1.165) is 32.0 Å². The first-order chi connectivity index (χ1) is 10.1. The molecule has 21 heavy (non-hydrogen) atoms. The quantitative estimate of drug-likeness (QED) is 0.871. The molecule has 1 aromatic heterocycles. The Balaban J connectivity index is 1.89. The molecule has 110 valence electrons. The van der Waals surface area contributed by atoms with Crippen LogP contribution in [0.1, 0.15) is 12.8 Å². The zero-order chi connectivity index (χ0) is 14.8. The molecule has 5 nitrogen and oxygen atoms in total. The van der Waals surface area contributed by atoms with Crippen LogP contribution in [-0.4, -0.2) is 28.0 Å². The maximum absolute atomic E-state index is 13.6. The van der Waals surface area contributed by atoms with E-state index in [2.05, 4.69) is 15.0 Å². The van der Waals surface area contributed by atoms with Crippen molar-refractivity contribution in [3.8, 4) is 11.8 Å². The number of hydrogen-bond acceptors (Lipinski definition) is 5. The van der Waals surface area contributed by atoms with Crippen LogP contribution in [0.4, 0.5) is 14.7 Å². The molecule has 0 bridgehead atoms. The van der Waals surface area contributed by atoms with Crippen molar-refractivity contribution in [2.24, 2.45) is 0 Å². The molecule has 0 amide bonds. The van der Waals surface area contributed by atoms with Crippen LogP contribution in [0.2, 0.25) is 5.28 Å². The van der Waals surface area contributed by atoms with E-state index in [9.17, 15) is 8.78 Å². The summed E-state index contributed by atoms with van der Waals surface area (Å²) in [5.41, 5.74) is 0. The second kappa shape index (κ2) is 5.77. The molecule has 2 heterocycles. The van der Waals surface area contributed by atoms with Crippen LogP contribution in [0.25, 0.3) is 0 Å². The Hall–Kier alpha value is -2.02. The lowest BCUT2D eigenvalue weighted by molar-refractivity contribution is 0.391. The normalized spacial score (nSPS) is 14.5. The average Bonchev–Trinajstić information content (AvgIpc) is 2.97. The van der Waals surface area contributed by atoms with E-state index in [1.54, 1.807) is 0 Å². The average molecular weight is 313 g/mol. The summed E-state index contributed by atoms with van der Waals surface area (Å²) in [5.74, 6) is -2.03. The molecule has 0 N–H and O–H groups in total. The van der Waals surface area contributed by atoms with Gasteiger partial charge in [-0.3, -0.25) is 0 Å². The second-order valence-electron chi connectivity index (χ2n) is 4.54. The number of nitrogens with zero attached hydrogens (tertiary/aromatic N) is 4. The van der Waals surface area contributed by atoms with Gasteiger partial charge in [-0.15, -0.1) is 0 Å². The summed E-state index contributed by atoms with van der Waals surface area (Å²) >= 11 is 5.83. The van der Waals surface area contributed by atoms with Gasteiger partial charge in [0.1, 0.15) is 0 Å². The van der Waals surface area contributed by atoms with E-state index >= 15 is 0 Å². The molecule has 1 fully saturated rings. The number of ether oxygens (including phenoxy) is 1. The lowest BCUT2D eigenvalue weighted by atomic mass is 10.3. The molecule has 0 aliphatic carbocycles. The number of anilines is 1. The van der Waals surface area contributed by atoms with Gasteiger partial charge in [0.25, 0.3) is 0 Å². The maximum Gasteiger partial charge on any atom is 0.328 e. The van der Waals surface area contributed by atoms with Crippen molar-refractivity contribution >= 4 is 17.5 Å². The van der Waals surface area contributed by atoms with Crippen molar-refractivity contribution in [1.82, 2.24) is 15.0 Å². The number of halogens is 3. The Bertz CT molecular complexity index is 665.